The van der Waals surface area contributed by atoms with E-state index in [9.17, 15) is 9.36 Å². The molecule has 1 N–H and O–H groups in total. The van der Waals surface area contributed by atoms with Crippen molar-refractivity contribution in [3.8, 4) is 5.75 Å². The fraction of sp³-hybridized carbons (Fsp3) is 0.696. The standard InChI is InChI=1S/C23H40NO5P/c1-9-16(4)20-13-12-14-21(17(5)10-2)22(20)29-30(26,15-27-8)24-19(7)23(25)28-18(6)11-3/h12-14,16-19H,9-11,15H2,1-8H3,(H,24,26)/t16?,17?,18?,19-,30?/m0/s1. The van der Waals surface area contributed by atoms with Crippen LogP contribution in [0, 0.1) is 0 Å². The topological polar surface area (TPSA) is 73.9 Å². The fourth-order valence-electron chi connectivity index (χ4n) is 3.03. The minimum Gasteiger partial charge on any atom is -0.462 e. The summed E-state index contributed by atoms with van der Waals surface area (Å²) in [6, 6.07) is 5.28. The van der Waals surface area contributed by atoms with E-state index in [0.29, 0.717) is 12.2 Å². The Morgan fingerprint density at radius 3 is 1.97 bits per heavy atom. The number of nitrogens with one attached hydrogen (secondary N) is 1. The summed E-state index contributed by atoms with van der Waals surface area (Å²) < 4.78 is 30.5. The zero-order valence-electron chi connectivity index (χ0n) is 19.9. The van der Waals surface area contributed by atoms with Gasteiger partial charge in [-0.25, -0.2) is 5.09 Å². The second-order valence-corrected chi connectivity index (χ2v) is 10.1. The van der Waals surface area contributed by atoms with Crippen molar-refractivity contribution in [2.45, 2.75) is 91.7 Å². The SMILES string of the molecule is CCC(C)OC(=O)[C@H](C)NP(=O)(COC)Oc1c(C(C)CC)cccc1C(C)CC. The van der Waals surface area contributed by atoms with E-state index in [2.05, 4.69) is 32.8 Å². The van der Waals surface area contributed by atoms with Gasteiger partial charge in [-0.2, -0.15) is 0 Å². The van der Waals surface area contributed by atoms with Gasteiger partial charge in [0, 0.05) is 7.11 Å². The Morgan fingerprint density at radius 2 is 1.53 bits per heavy atom. The van der Waals surface area contributed by atoms with E-state index in [0.717, 1.165) is 24.0 Å². The van der Waals surface area contributed by atoms with Crippen LogP contribution in [0.5, 0.6) is 5.75 Å². The smallest absolute Gasteiger partial charge is 0.342 e. The average molecular weight is 442 g/mol. The van der Waals surface area contributed by atoms with Crippen molar-refractivity contribution in [3.05, 3.63) is 29.3 Å². The Kier molecular flexibility index (Phi) is 11.1. The molecule has 0 saturated carbocycles. The van der Waals surface area contributed by atoms with Gasteiger partial charge in [0.15, 0.2) is 0 Å². The maximum Gasteiger partial charge on any atom is 0.342 e. The van der Waals surface area contributed by atoms with E-state index < -0.39 is 19.5 Å². The number of carbonyl (C=O) groups excluding carboxylic acids is 1. The molecule has 0 amide bonds. The lowest BCUT2D eigenvalue weighted by molar-refractivity contribution is -0.149. The zero-order chi connectivity index (χ0) is 22.9. The molecular formula is C23H40NO5P. The Labute approximate surface area is 182 Å². The molecule has 7 heteroatoms. The number of benzene rings is 1. The summed E-state index contributed by atoms with van der Waals surface area (Å²) >= 11 is 0. The quantitative estimate of drug-likeness (QED) is 0.290. The molecular weight excluding hydrogens is 401 g/mol. The number of esters is 1. The molecule has 4 unspecified atom stereocenters. The van der Waals surface area contributed by atoms with Crippen LogP contribution in [-0.4, -0.2) is 31.6 Å². The van der Waals surface area contributed by atoms with Gasteiger partial charge >= 0.3 is 13.5 Å². The fourth-order valence-corrected chi connectivity index (χ4v) is 4.75. The number of para-hydroxylation sites is 1. The van der Waals surface area contributed by atoms with Crippen LogP contribution in [-0.2, 0) is 18.8 Å². The van der Waals surface area contributed by atoms with Crippen LogP contribution in [0.2, 0.25) is 0 Å². The molecule has 0 bridgehead atoms. The van der Waals surface area contributed by atoms with Gasteiger partial charge in [-0.05, 0) is 56.1 Å². The predicted octanol–water partition coefficient (Wildman–Crippen LogP) is 6.21. The molecule has 6 nitrogen and oxygen atoms in total. The third-order valence-corrected chi connectivity index (χ3v) is 7.39. The molecule has 0 spiro atoms. The molecule has 1 rings (SSSR count). The summed E-state index contributed by atoms with van der Waals surface area (Å²) in [5.74, 6) is 0.666. The third-order valence-electron chi connectivity index (χ3n) is 5.54. The van der Waals surface area contributed by atoms with Crippen LogP contribution in [0.25, 0.3) is 0 Å². The van der Waals surface area contributed by atoms with Gasteiger partial charge in [0.1, 0.15) is 18.1 Å². The van der Waals surface area contributed by atoms with E-state index in [1.165, 1.54) is 7.11 Å². The van der Waals surface area contributed by atoms with Gasteiger partial charge in [-0.1, -0.05) is 52.8 Å². The van der Waals surface area contributed by atoms with Crippen LogP contribution < -0.4 is 9.61 Å². The molecule has 5 atom stereocenters. The summed E-state index contributed by atoms with van der Waals surface area (Å²) in [4.78, 5) is 12.4. The van der Waals surface area contributed by atoms with Crippen LogP contribution in [0.15, 0.2) is 18.2 Å². The molecule has 0 fully saturated rings. The Bertz CT molecular complexity index is 695. The molecule has 0 aliphatic carbocycles. The monoisotopic (exact) mass is 441 g/mol. The highest BCUT2D eigenvalue weighted by Gasteiger charge is 2.33. The lowest BCUT2D eigenvalue weighted by Crippen LogP contribution is -2.37. The number of carbonyl (C=O) groups is 1. The molecule has 1 aromatic carbocycles. The Hall–Kier alpha value is -1.36. The minimum atomic E-state index is -3.53. The number of rotatable bonds is 13. The van der Waals surface area contributed by atoms with E-state index in [1.54, 1.807) is 6.92 Å². The van der Waals surface area contributed by atoms with Gasteiger partial charge in [0.25, 0.3) is 0 Å². The van der Waals surface area contributed by atoms with Crippen molar-refractivity contribution in [3.63, 3.8) is 0 Å². The molecule has 0 saturated heterocycles. The van der Waals surface area contributed by atoms with Crippen molar-refractivity contribution in [1.82, 2.24) is 5.09 Å². The first-order chi connectivity index (χ1) is 14.1. The highest BCUT2D eigenvalue weighted by atomic mass is 31.2. The van der Waals surface area contributed by atoms with Crippen molar-refractivity contribution >= 4 is 13.5 Å². The van der Waals surface area contributed by atoms with E-state index in [-0.39, 0.29) is 24.3 Å². The minimum absolute atomic E-state index is 0.150. The molecule has 0 radical (unpaired) electrons. The summed E-state index contributed by atoms with van der Waals surface area (Å²) in [6.45, 7) is 13.9. The van der Waals surface area contributed by atoms with Gasteiger partial charge in [-0.15, -0.1) is 0 Å². The molecule has 0 aromatic heterocycles. The summed E-state index contributed by atoms with van der Waals surface area (Å²) in [7, 11) is -2.06. The Balaban J connectivity index is 3.28. The Morgan fingerprint density at radius 1 is 1.00 bits per heavy atom. The lowest BCUT2D eigenvalue weighted by atomic mass is 9.90. The number of hydrogen-bond acceptors (Lipinski definition) is 5. The molecule has 0 aliphatic rings. The normalized spacial score (nSPS) is 17.5. The van der Waals surface area contributed by atoms with Crippen molar-refractivity contribution < 1.29 is 23.4 Å². The van der Waals surface area contributed by atoms with Gasteiger partial charge < -0.3 is 14.0 Å². The second-order valence-electron chi connectivity index (χ2n) is 8.07. The van der Waals surface area contributed by atoms with Crippen LogP contribution in [0.4, 0.5) is 0 Å². The van der Waals surface area contributed by atoms with Crippen molar-refractivity contribution in [2.24, 2.45) is 0 Å². The predicted molar refractivity (Wildman–Crippen MR) is 122 cm³/mol. The third kappa shape index (κ3) is 7.40. The molecule has 0 aliphatic heterocycles. The van der Waals surface area contributed by atoms with E-state index in [4.69, 9.17) is 14.0 Å². The van der Waals surface area contributed by atoms with Gasteiger partial charge in [0.2, 0.25) is 0 Å². The number of ether oxygens (including phenoxy) is 2. The molecule has 1 aromatic rings. The summed E-state index contributed by atoms with van der Waals surface area (Å²) in [6.07, 6.45) is 2.22. The van der Waals surface area contributed by atoms with Gasteiger partial charge in [-0.3, -0.25) is 9.36 Å². The average Bonchev–Trinajstić information content (AvgIpc) is 2.72. The first-order valence-electron chi connectivity index (χ1n) is 11.0. The maximum atomic E-state index is 13.7. The summed E-state index contributed by atoms with van der Waals surface area (Å²) in [5, 5.41) is 2.87. The molecule has 0 heterocycles. The molecule has 30 heavy (non-hydrogen) atoms. The van der Waals surface area contributed by atoms with Crippen molar-refractivity contribution in [1.29, 1.82) is 0 Å². The van der Waals surface area contributed by atoms with Crippen molar-refractivity contribution in [2.75, 3.05) is 13.5 Å². The highest BCUT2D eigenvalue weighted by Crippen LogP contribution is 2.48. The molecule has 172 valence electrons. The first kappa shape index (κ1) is 26.7. The van der Waals surface area contributed by atoms with Crippen LogP contribution in [0.3, 0.4) is 0 Å². The van der Waals surface area contributed by atoms with E-state index >= 15 is 0 Å². The highest BCUT2D eigenvalue weighted by molar-refractivity contribution is 7.57. The zero-order valence-corrected chi connectivity index (χ0v) is 20.8. The lowest BCUT2D eigenvalue weighted by Gasteiger charge is -2.28. The number of methoxy groups -OCH3 is 1. The van der Waals surface area contributed by atoms with E-state index in [1.807, 2.05) is 32.0 Å². The maximum absolute atomic E-state index is 13.7. The number of hydrogen-bond donors (Lipinski definition) is 1. The van der Waals surface area contributed by atoms with Crippen LogP contribution >= 0.6 is 7.52 Å². The largest absolute Gasteiger partial charge is 0.462 e. The summed E-state index contributed by atoms with van der Waals surface area (Å²) in [5.41, 5.74) is 2.03. The first-order valence-corrected chi connectivity index (χ1v) is 12.8. The second kappa shape index (κ2) is 12.5. The van der Waals surface area contributed by atoms with Gasteiger partial charge in [0.05, 0.1) is 6.10 Å². The van der Waals surface area contributed by atoms with Crippen LogP contribution in [0.1, 0.15) is 90.7 Å².